The molecule has 2 aliphatic rings. The molecule has 0 saturated heterocycles. The van der Waals surface area contributed by atoms with Crippen molar-refractivity contribution >= 4 is 0 Å². The lowest BCUT2D eigenvalue weighted by molar-refractivity contribution is 0.0705. The van der Waals surface area contributed by atoms with Crippen LogP contribution in [0.1, 0.15) is 198 Å². The summed E-state index contributed by atoms with van der Waals surface area (Å²) >= 11 is 0. The van der Waals surface area contributed by atoms with Gasteiger partial charge < -0.3 is 0 Å². The fourth-order valence-electron chi connectivity index (χ4n) is 9.54. The lowest BCUT2D eigenvalue weighted by Crippen LogP contribution is -2.33. The summed E-state index contributed by atoms with van der Waals surface area (Å²) < 4.78 is 0. The molecule has 2 rings (SSSR count). The molecule has 0 unspecified atom stereocenters. The van der Waals surface area contributed by atoms with Crippen molar-refractivity contribution in [1.29, 1.82) is 0 Å². The van der Waals surface area contributed by atoms with Crippen LogP contribution in [-0.4, -0.2) is 0 Å². The van der Waals surface area contributed by atoms with E-state index in [4.69, 9.17) is 0 Å². The Morgan fingerprint density at radius 3 is 1.10 bits per heavy atom. The van der Waals surface area contributed by atoms with Crippen LogP contribution in [-0.2, 0) is 0 Å². The Morgan fingerprint density at radius 1 is 0.475 bits per heavy atom. The second kappa shape index (κ2) is 18.0. The van der Waals surface area contributed by atoms with Crippen LogP contribution in [0, 0.1) is 58.2 Å². The van der Waals surface area contributed by atoms with Crippen LogP contribution in [0.15, 0.2) is 0 Å². The normalized spacial score (nSPS) is 29.6. The van der Waals surface area contributed by atoms with Gasteiger partial charge in [0.2, 0.25) is 0 Å². The monoisotopic (exact) mass is 559 g/mol. The summed E-state index contributed by atoms with van der Waals surface area (Å²) in [5.74, 6) is 7.49. The first kappa shape index (κ1) is 36.2. The quantitative estimate of drug-likeness (QED) is 0.138. The van der Waals surface area contributed by atoms with E-state index >= 15 is 0 Å². The molecule has 2 aliphatic carbocycles. The number of rotatable bonds is 19. The zero-order valence-electron chi connectivity index (χ0n) is 29.8. The third kappa shape index (κ3) is 13.1. The highest BCUT2D eigenvalue weighted by Gasteiger charge is 2.37. The number of unbranched alkanes of at least 4 members (excludes halogenated alkanes) is 1. The van der Waals surface area contributed by atoms with Crippen molar-refractivity contribution in [2.75, 3.05) is 0 Å². The maximum atomic E-state index is 2.54. The minimum atomic E-state index is 0.576. The van der Waals surface area contributed by atoms with Crippen molar-refractivity contribution < 1.29 is 0 Å². The fraction of sp³-hybridized carbons (Fsp3) is 1.00. The van der Waals surface area contributed by atoms with Gasteiger partial charge in [-0.2, -0.15) is 0 Å². The van der Waals surface area contributed by atoms with E-state index in [2.05, 4.69) is 69.2 Å². The Hall–Kier alpha value is 0. The van der Waals surface area contributed by atoms with Gasteiger partial charge in [-0.15, -0.1) is 0 Å². The third-order valence-corrected chi connectivity index (χ3v) is 12.7. The molecule has 8 atom stereocenters. The number of hydrogen-bond acceptors (Lipinski definition) is 0. The molecule has 0 radical (unpaired) electrons. The van der Waals surface area contributed by atoms with Crippen LogP contribution < -0.4 is 0 Å². The van der Waals surface area contributed by atoms with Gasteiger partial charge in [0.15, 0.2) is 0 Å². The van der Waals surface area contributed by atoms with Crippen LogP contribution >= 0.6 is 0 Å². The summed E-state index contributed by atoms with van der Waals surface area (Å²) in [6.07, 6.45) is 29.2. The van der Waals surface area contributed by atoms with Crippen molar-refractivity contribution in [2.24, 2.45) is 58.2 Å². The minimum absolute atomic E-state index is 0.576. The van der Waals surface area contributed by atoms with Gasteiger partial charge in [0.1, 0.15) is 0 Å². The fourth-order valence-corrected chi connectivity index (χ4v) is 9.54. The van der Waals surface area contributed by atoms with Gasteiger partial charge in [0, 0.05) is 0 Å². The molecule has 0 aromatic rings. The third-order valence-electron chi connectivity index (χ3n) is 12.7. The largest absolute Gasteiger partial charge is 0.0625 e. The smallest absolute Gasteiger partial charge is 0.0323 e. The van der Waals surface area contributed by atoms with Gasteiger partial charge >= 0.3 is 0 Å². The molecule has 0 heteroatoms. The van der Waals surface area contributed by atoms with Crippen LogP contribution in [0.2, 0.25) is 0 Å². The van der Waals surface area contributed by atoms with Gasteiger partial charge in [-0.1, -0.05) is 172 Å². The summed E-state index contributed by atoms with van der Waals surface area (Å²) in [6.45, 7) is 25.3. The van der Waals surface area contributed by atoms with Gasteiger partial charge in [0.05, 0.1) is 0 Å². The summed E-state index contributed by atoms with van der Waals surface area (Å²) in [5, 5.41) is 0. The van der Waals surface area contributed by atoms with Crippen LogP contribution in [0.3, 0.4) is 0 Å². The highest BCUT2D eigenvalue weighted by Crippen LogP contribution is 2.47. The predicted octanol–water partition coefficient (Wildman–Crippen LogP) is 13.9. The Labute approximate surface area is 255 Å². The maximum Gasteiger partial charge on any atom is -0.0323 e. The highest BCUT2D eigenvalue weighted by molar-refractivity contribution is 4.87. The molecule has 2 fully saturated rings. The molecule has 2 saturated carbocycles. The zero-order chi connectivity index (χ0) is 29.8. The van der Waals surface area contributed by atoms with E-state index in [0.717, 1.165) is 47.3 Å². The molecule has 0 bridgehead atoms. The second-order valence-electron chi connectivity index (χ2n) is 17.7. The summed E-state index contributed by atoms with van der Waals surface area (Å²) in [5.41, 5.74) is 1.15. The Kier molecular flexibility index (Phi) is 16.2. The van der Waals surface area contributed by atoms with Crippen LogP contribution in [0.5, 0.6) is 0 Å². The first-order valence-corrected chi connectivity index (χ1v) is 18.8. The molecule has 0 aromatic carbocycles. The molecular formula is C40H78. The highest BCUT2D eigenvalue weighted by atomic mass is 14.4. The SMILES string of the molecule is C[C@H](CCCC[C@H](C)CCC[C@H](C)CC[C@H]1[C@@H](C)CCCC1(C)C)CCC[C@@H](C)CC[C@@H]1[C@H](C)CCCC1(C)C. The summed E-state index contributed by atoms with van der Waals surface area (Å²) in [6, 6.07) is 0. The molecule has 40 heavy (non-hydrogen) atoms. The summed E-state index contributed by atoms with van der Waals surface area (Å²) in [4.78, 5) is 0. The predicted molar refractivity (Wildman–Crippen MR) is 182 cm³/mol. The Morgan fingerprint density at radius 2 is 0.775 bits per heavy atom. The molecule has 0 aliphatic heterocycles. The molecule has 0 aromatic heterocycles. The van der Waals surface area contributed by atoms with E-state index in [1.54, 1.807) is 0 Å². The van der Waals surface area contributed by atoms with Crippen molar-refractivity contribution in [3.8, 4) is 0 Å². The van der Waals surface area contributed by atoms with Gasteiger partial charge in [-0.25, -0.2) is 0 Å². The first-order chi connectivity index (χ1) is 18.8. The Balaban J connectivity index is 1.46. The molecule has 0 nitrogen and oxygen atoms in total. The van der Waals surface area contributed by atoms with Crippen molar-refractivity contribution in [1.82, 2.24) is 0 Å². The minimum Gasteiger partial charge on any atom is -0.0625 e. The van der Waals surface area contributed by atoms with E-state index in [0.29, 0.717) is 10.8 Å². The lowest BCUT2D eigenvalue weighted by atomic mass is 9.62. The van der Waals surface area contributed by atoms with E-state index in [9.17, 15) is 0 Å². The molecule has 238 valence electrons. The molecule has 0 spiro atoms. The molecular weight excluding hydrogens is 480 g/mol. The second-order valence-corrected chi connectivity index (χ2v) is 17.7. The van der Waals surface area contributed by atoms with Crippen molar-refractivity contribution in [2.45, 2.75) is 198 Å². The molecule has 0 amide bonds. The zero-order valence-corrected chi connectivity index (χ0v) is 29.8. The maximum absolute atomic E-state index is 2.54. The van der Waals surface area contributed by atoms with Gasteiger partial charge in [0.25, 0.3) is 0 Å². The van der Waals surface area contributed by atoms with Crippen molar-refractivity contribution in [3.63, 3.8) is 0 Å². The average molecular weight is 559 g/mol. The standard InChI is InChI=1S/C40H78/c1-31(19-13-21-33(3)25-27-37-35(5)23-15-29-39(37,7)8)17-11-12-18-32(2)20-14-22-34(4)26-28-38-36(6)24-16-30-40(38,9)10/h31-38H,11-30H2,1-10H3/t31-,32+,33-,34+,35-,36+,37-,38+. The van der Waals surface area contributed by atoms with Crippen LogP contribution in [0.4, 0.5) is 0 Å². The lowest BCUT2D eigenvalue weighted by Gasteiger charge is -2.43. The van der Waals surface area contributed by atoms with Crippen molar-refractivity contribution in [3.05, 3.63) is 0 Å². The molecule has 0 N–H and O–H groups in total. The van der Waals surface area contributed by atoms with E-state index in [1.165, 1.54) is 128 Å². The van der Waals surface area contributed by atoms with Gasteiger partial charge in [-0.05, 0) is 83.9 Å². The Bertz CT molecular complexity index is 586. The number of hydrogen-bond donors (Lipinski definition) is 0. The van der Waals surface area contributed by atoms with E-state index in [1.807, 2.05) is 0 Å². The van der Waals surface area contributed by atoms with E-state index < -0.39 is 0 Å². The topological polar surface area (TPSA) is 0 Å². The van der Waals surface area contributed by atoms with Crippen LogP contribution in [0.25, 0.3) is 0 Å². The average Bonchev–Trinajstić information content (AvgIpc) is 2.85. The first-order valence-electron chi connectivity index (χ1n) is 18.8. The summed E-state index contributed by atoms with van der Waals surface area (Å²) in [7, 11) is 0. The molecule has 0 heterocycles. The van der Waals surface area contributed by atoms with E-state index in [-0.39, 0.29) is 0 Å². The van der Waals surface area contributed by atoms with Gasteiger partial charge in [-0.3, -0.25) is 0 Å².